The van der Waals surface area contributed by atoms with E-state index < -0.39 is 11.8 Å². The van der Waals surface area contributed by atoms with Gasteiger partial charge in [-0.3, -0.25) is 4.79 Å². The Morgan fingerprint density at radius 3 is 2.88 bits per heavy atom. The van der Waals surface area contributed by atoms with E-state index in [9.17, 15) is 9.59 Å². The van der Waals surface area contributed by atoms with E-state index in [0.717, 1.165) is 16.7 Å². The van der Waals surface area contributed by atoms with Gasteiger partial charge in [0.2, 0.25) is 0 Å². The molecule has 2 rings (SSSR count). The zero-order valence-electron chi connectivity index (χ0n) is 9.69. The highest BCUT2D eigenvalue weighted by atomic mass is 32.2. The number of thioether (sulfide) groups is 1. The number of H-pyrrole nitrogens is 1. The van der Waals surface area contributed by atoms with Crippen molar-refractivity contribution >= 4 is 23.5 Å². The Morgan fingerprint density at radius 2 is 2.24 bits per heavy atom. The Hall–Kier alpha value is -1.23. The molecule has 0 aliphatic heterocycles. The molecule has 1 aromatic rings. The third-order valence-corrected chi connectivity index (χ3v) is 3.72. The van der Waals surface area contributed by atoms with Crippen LogP contribution in [0.15, 0.2) is 17.2 Å². The van der Waals surface area contributed by atoms with Crippen molar-refractivity contribution < 1.29 is 14.3 Å². The molecule has 1 N–H and O–H groups in total. The zero-order valence-corrected chi connectivity index (χ0v) is 10.5. The van der Waals surface area contributed by atoms with Gasteiger partial charge in [-0.15, -0.1) is 11.8 Å². The molecule has 1 heterocycles. The van der Waals surface area contributed by atoms with Gasteiger partial charge in [-0.25, -0.2) is 4.79 Å². The van der Waals surface area contributed by atoms with Gasteiger partial charge < -0.3 is 9.72 Å². The molecular formula is C12H15NO3S. The summed E-state index contributed by atoms with van der Waals surface area (Å²) in [6.45, 7) is 1.89. The summed E-state index contributed by atoms with van der Waals surface area (Å²) in [7, 11) is 0. The number of rotatable bonds is 6. The second-order valence-electron chi connectivity index (χ2n) is 4.04. The lowest BCUT2D eigenvalue weighted by Crippen LogP contribution is -2.17. The molecule has 0 atom stereocenters. The van der Waals surface area contributed by atoms with Crippen molar-refractivity contribution in [3.8, 4) is 0 Å². The third-order valence-electron chi connectivity index (χ3n) is 2.54. The van der Waals surface area contributed by atoms with Gasteiger partial charge >= 0.3 is 5.97 Å². The second-order valence-corrected chi connectivity index (χ2v) is 5.10. The second kappa shape index (κ2) is 5.40. The van der Waals surface area contributed by atoms with Gasteiger partial charge in [0.1, 0.15) is 0 Å². The highest BCUT2D eigenvalue weighted by Gasteiger charge is 2.22. The number of carbonyl (C=O) groups is 2. The van der Waals surface area contributed by atoms with Crippen LogP contribution in [0.1, 0.15) is 30.3 Å². The minimum Gasteiger partial charge on any atom is -0.460 e. The Kier molecular flexibility index (Phi) is 3.89. The van der Waals surface area contributed by atoms with Gasteiger partial charge in [-0.05, 0) is 37.8 Å². The highest BCUT2D eigenvalue weighted by Crippen LogP contribution is 2.34. The first-order chi connectivity index (χ1) is 8.20. The van der Waals surface area contributed by atoms with Crippen LogP contribution in [0.25, 0.3) is 0 Å². The number of ketones is 1. The fourth-order valence-electron chi connectivity index (χ4n) is 1.39. The maximum absolute atomic E-state index is 11.6. The minimum absolute atomic E-state index is 0.217. The van der Waals surface area contributed by atoms with Crippen LogP contribution >= 0.6 is 11.8 Å². The normalized spacial score (nSPS) is 14.6. The summed E-state index contributed by atoms with van der Waals surface area (Å²) in [4.78, 5) is 25.8. The average Bonchev–Trinajstić information content (AvgIpc) is 3.03. The molecule has 17 heavy (non-hydrogen) atoms. The van der Waals surface area contributed by atoms with E-state index in [0.29, 0.717) is 5.69 Å². The first-order valence-electron chi connectivity index (χ1n) is 5.74. The number of aromatic amines is 1. The molecule has 92 valence electrons. The van der Waals surface area contributed by atoms with E-state index in [1.807, 2.05) is 6.07 Å². The smallest absolute Gasteiger partial charge is 0.381 e. The van der Waals surface area contributed by atoms with Crippen LogP contribution in [0, 0.1) is 5.92 Å². The lowest BCUT2D eigenvalue weighted by atomic mass is 10.3. The zero-order chi connectivity index (χ0) is 12.3. The largest absolute Gasteiger partial charge is 0.460 e. The van der Waals surface area contributed by atoms with Crippen molar-refractivity contribution in [3.05, 3.63) is 17.8 Å². The first kappa shape index (κ1) is 12.2. The number of hydrogen-bond acceptors (Lipinski definition) is 4. The SMILES string of the molecule is CCOC(=O)C(=O)c1ccc(SCC2CC2)[nH]1. The molecule has 0 unspecified atom stereocenters. The molecule has 0 saturated heterocycles. The van der Waals surface area contributed by atoms with Crippen LogP contribution < -0.4 is 0 Å². The van der Waals surface area contributed by atoms with Crippen molar-refractivity contribution in [3.63, 3.8) is 0 Å². The van der Waals surface area contributed by atoms with Crippen LogP contribution in [-0.4, -0.2) is 29.1 Å². The average molecular weight is 253 g/mol. The molecule has 0 aromatic carbocycles. The number of nitrogens with one attached hydrogen (secondary N) is 1. The van der Waals surface area contributed by atoms with Crippen molar-refractivity contribution in [2.24, 2.45) is 5.92 Å². The van der Waals surface area contributed by atoms with Crippen LogP contribution in [0.3, 0.4) is 0 Å². The Bertz CT molecular complexity index is 423. The third kappa shape index (κ3) is 3.36. The van der Waals surface area contributed by atoms with Crippen LogP contribution in [-0.2, 0) is 9.53 Å². The Morgan fingerprint density at radius 1 is 1.47 bits per heavy atom. The Labute approximate surface area is 104 Å². The molecule has 1 fully saturated rings. The predicted molar refractivity (Wildman–Crippen MR) is 65.2 cm³/mol. The van der Waals surface area contributed by atoms with Crippen LogP contribution in [0.2, 0.25) is 0 Å². The summed E-state index contributed by atoms with van der Waals surface area (Å²) in [5, 5.41) is 0.935. The molecule has 0 spiro atoms. The van der Waals surface area contributed by atoms with Crippen molar-refractivity contribution in [1.29, 1.82) is 0 Å². The molecule has 0 radical (unpaired) electrons. The van der Waals surface area contributed by atoms with Crippen molar-refractivity contribution in [2.75, 3.05) is 12.4 Å². The maximum Gasteiger partial charge on any atom is 0.381 e. The summed E-state index contributed by atoms with van der Waals surface area (Å²) in [6.07, 6.45) is 2.62. The van der Waals surface area contributed by atoms with E-state index in [2.05, 4.69) is 9.72 Å². The van der Waals surface area contributed by atoms with Crippen molar-refractivity contribution in [1.82, 2.24) is 4.98 Å². The lowest BCUT2D eigenvalue weighted by Gasteiger charge is -1.99. The number of esters is 1. The van der Waals surface area contributed by atoms with E-state index in [4.69, 9.17) is 0 Å². The van der Waals surface area contributed by atoms with Gasteiger partial charge in [-0.1, -0.05) is 0 Å². The highest BCUT2D eigenvalue weighted by molar-refractivity contribution is 7.99. The molecule has 4 nitrogen and oxygen atoms in total. The fraction of sp³-hybridized carbons (Fsp3) is 0.500. The number of carbonyl (C=O) groups excluding carboxylic acids is 2. The quantitative estimate of drug-likeness (QED) is 0.365. The van der Waals surface area contributed by atoms with Crippen molar-refractivity contribution in [2.45, 2.75) is 24.8 Å². The van der Waals surface area contributed by atoms with E-state index in [1.165, 1.54) is 12.8 Å². The van der Waals surface area contributed by atoms with Crippen LogP contribution in [0.5, 0.6) is 0 Å². The maximum atomic E-state index is 11.6. The van der Waals surface area contributed by atoms with Gasteiger partial charge in [0.25, 0.3) is 5.78 Å². The summed E-state index contributed by atoms with van der Waals surface area (Å²) in [5.41, 5.74) is 0.307. The topological polar surface area (TPSA) is 59.2 Å². The number of Topliss-reactive ketones (excluding diaryl/α,β-unsaturated/α-hetero) is 1. The summed E-state index contributed by atoms with van der Waals surface area (Å²) in [5.74, 6) is 0.499. The molecule has 0 bridgehead atoms. The summed E-state index contributed by atoms with van der Waals surface area (Å²) in [6, 6.07) is 3.47. The van der Waals surface area contributed by atoms with E-state index in [1.54, 1.807) is 24.8 Å². The number of aromatic nitrogens is 1. The number of hydrogen-bond donors (Lipinski definition) is 1. The summed E-state index contributed by atoms with van der Waals surface area (Å²) >= 11 is 1.69. The molecular weight excluding hydrogens is 238 g/mol. The number of ether oxygens (including phenoxy) is 1. The lowest BCUT2D eigenvalue weighted by molar-refractivity contribution is -0.137. The molecule has 5 heteroatoms. The molecule has 1 saturated carbocycles. The minimum atomic E-state index is -0.798. The summed E-state index contributed by atoms with van der Waals surface area (Å²) < 4.78 is 4.66. The molecule has 1 aromatic heterocycles. The van der Waals surface area contributed by atoms with Gasteiger partial charge in [0, 0.05) is 5.75 Å². The van der Waals surface area contributed by atoms with E-state index in [-0.39, 0.29) is 6.61 Å². The molecule has 1 aliphatic rings. The predicted octanol–water partition coefficient (Wildman–Crippen LogP) is 2.26. The first-order valence-corrected chi connectivity index (χ1v) is 6.72. The Balaban J connectivity index is 1.91. The standard InChI is InChI=1S/C12H15NO3S/c1-2-16-12(15)11(14)9-5-6-10(13-9)17-7-8-3-4-8/h5-6,8,13H,2-4,7H2,1H3. The molecule has 1 aliphatic carbocycles. The van der Waals surface area contributed by atoms with Gasteiger partial charge in [-0.2, -0.15) is 0 Å². The van der Waals surface area contributed by atoms with Gasteiger partial charge in [0.05, 0.1) is 17.3 Å². The fourth-order valence-corrected chi connectivity index (χ4v) is 2.49. The monoisotopic (exact) mass is 253 g/mol. The van der Waals surface area contributed by atoms with Gasteiger partial charge in [0.15, 0.2) is 0 Å². The van der Waals surface area contributed by atoms with E-state index >= 15 is 0 Å². The van der Waals surface area contributed by atoms with Crippen LogP contribution in [0.4, 0.5) is 0 Å². The molecule has 0 amide bonds.